The molecule has 1 aliphatic carbocycles. The Morgan fingerprint density at radius 3 is 2.95 bits per heavy atom. The number of pyridine rings is 1. The molecule has 2 heterocycles. The van der Waals surface area contributed by atoms with Crippen molar-refractivity contribution < 1.29 is 9.90 Å². The zero-order valence-electron chi connectivity index (χ0n) is 10.6. The van der Waals surface area contributed by atoms with Gasteiger partial charge in [-0.05, 0) is 30.4 Å². The van der Waals surface area contributed by atoms with Gasteiger partial charge in [0, 0.05) is 22.3 Å². The molecular weight excluding hydrogens is 260 g/mol. The maximum Gasteiger partial charge on any atom is 0.323 e. The quantitative estimate of drug-likeness (QED) is 0.932. The molecule has 0 radical (unpaired) electrons. The van der Waals surface area contributed by atoms with Gasteiger partial charge >= 0.3 is 5.97 Å². The minimum Gasteiger partial charge on any atom is -0.480 e. The van der Waals surface area contributed by atoms with Crippen LogP contribution in [-0.2, 0) is 4.79 Å². The lowest BCUT2D eigenvalue weighted by Crippen LogP contribution is -2.38. The van der Waals surface area contributed by atoms with E-state index in [1.165, 1.54) is 17.5 Å². The number of thiophene rings is 1. The summed E-state index contributed by atoms with van der Waals surface area (Å²) >= 11 is 1.67. The first-order chi connectivity index (χ1) is 9.25. The molecule has 2 aromatic heterocycles. The average molecular weight is 276 g/mol. The van der Waals surface area contributed by atoms with E-state index in [4.69, 9.17) is 5.11 Å². The van der Waals surface area contributed by atoms with Crippen molar-refractivity contribution in [2.75, 3.05) is 11.4 Å². The maximum atomic E-state index is 11.1. The smallest absolute Gasteiger partial charge is 0.323 e. The maximum absolute atomic E-state index is 11.1. The standard InChI is InChI=1S/C14H16N2O2S/c17-13(18)9-16(10-3-1-2-4-10)14-11-6-8-19-12(11)5-7-15-14/h5-8,10H,1-4,9H2,(H,17,18). The molecule has 0 saturated heterocycles. The van der Waals surface area contributed by atoms with Gasteiger partial charge in [0.1, 0.15) is 12.4 Å². The van der Waals surface area contributed by atoms with Gasteiger partial charge in [0.05, 0.1) is 0 Å². The zero-order valence-corrected chi connectivity index (χ0v) is 11.4. The van der Waals surface area contributed by atoms with Crippen molar-refractivity contribution in [3.63, 3.8) is 0 Å². The number of hydrogen-bond donors (Lipinski definition) is 1. The molecule has 3 rings (SSSR count). The molecule has 100 valence electrons. The number of anilines is 1. The van der Waals surface area contributed by atoms with E-state index in [1.54, 1.807) is 17.5 Å². The first kappa shape index (κ1) is 12.4. The van der Waals surface area contributed by atoms with Crippen LogP contribution in [0, 0.1) is 0 Å². The van der Waals surface area contributed by atoms with Crippen LogP contribution in [0.3, 0.4) is 0 Å². The van der Waals surface area contributed by atoms with Gasteiger partial charge in [0.15, 0.2) is 0 Å². The van der Waals surface area contributed by atoms with Gasteiger partial charge in [-0.1, -0.05) is 12.8 Å². The normalized spacial score (nSPS) is 16.0. The molecular formula is C14H16N2O2S. The number of nitrogens with zero attached hydrogens (tertiary/aromatic N) is 2. The van der Waals surface area contributed by atoms with Crippen molar-refractivity contribution >= 4 is 33.2 Å². The van der Waals surface area contributed by atoms with Crippen LogP contribution in [0.1, 0.15) is 25.7 Å². The van der Waals surface area contributed by atoms with Crippen LogP contribution in [0.4, 0.5) is 5.82 Å². The Labute approximate surface area is 115 Å². The molecule has 1 N–H and O–H groups in total. The van der Waals surface area contributed by atoms with Crippen molar-refractivity contribution in [3.05, 3.63) is 23.7 Å². The lowest BCUT2D eigenvalue weighted by Gasteiger charge is -2.28. The number of aliphatic carboxylic acids is 1. The Kier molecular flexibility index (Phi) is 3.38. The molecule has 5 heteroatoms. The van der Waals surface area contributed by atoms with Crippen LogP contribution in [0.2, 0.25) is 0 Å². The zero-order chi connectivity index (χ0) is 13.2. The highest BCUT2D eigenvalue weighted by Crippen LogP contribution is 2.33. The Balaban J connectivity index is 2.02. The molecule has 1 saturated carbocycles. The topological polar surface area (TPSA) is 53.4 Å². The number of carboxylic acids is 1. The number of fused-ring (bicyclic) bond motifs is 1. The Morgan fingerprint density at radius 1 is 1.42 bits per heavy atom. The van der Waals surface area contributed by atoms with Gasteiger partial charge in [-0.25, -0.2) is 4.98 Å². The molecule has 0 aromatic carbocycles. The summed E-state index contributed by atoms with van der Waals surface area (Å²) in [6, 6.07) is 4.33. The Morgan fingerprint density at radius 2 is 2.21 bits per heavy atom. The number of rotatable bonds is 4. The summed E-state index contributed by atoms with van der Waals surface area (Å²) in [5.74, 6) is 0.0361. The first-order valence-corrected chi connectivity index (χ1v) is 7.44. The molecule has 19 heavy (non-hydrogen) atoms. The summed E-state index contributed by atoms with van der Waals surface area (Å²) in [5, 5.41) is 12.3. The summed E-state index contributed by atoms with van der Waals surface area (Å²) < 4.78 is 1.17. The van der Waals surface area contributed by atoms with E-state index in [-0.39, 0.29) is 6.54 Å². The van der Waals surface area contributed by atoms with Gasteiger partial charge in [0.2, 0.25) is 0 Å². The van der Waals surface area contributed by atoms with Crippen molar-refractivity contribution in [2.24, 2.45) is 0 Å². The van der Waals surface area contributed by atoms with Crippen LogP contribution >= 0.6 is 11.3 Å². The molecule has 0 bridgehead atoms. The fourth-order valence-corrected chi connectivity index (χ4v) is 3.62. The highest BCUT2D eigenvalue weighted by molar-refractivity contribution is 7.17. The monoisotopic (exact) mass is 276 g/mol. The summed E-state index contributed by atoms with van der Waals surface area (Å²) in [5.41, 5.74) is 0. The third-order valence-electron chi connectivity index (χ3n) is 3.70. The van der Waals surface area contributed by atoms with Gasteiger partial charge < -0.3 is 10.0 Å². The van der Waals surface area contributed by atoms with Crippen molar-refractivity contribution in [2.45, 2.75) is 31.7 Å². The lowest BCUT2D eigenvalue weighted by atomic mass is 10.2. The molecule has 0 aliphatic heterocycles. The molecule has 1 aliphatic rings. The third-order valence-corrected chi connectivity index (χ3v) is 4.58. The first-order valence-electron chi connectivity index (χ1n) is 6.56. The predicted molar refractivity (Wildman–Crippen MR) is 76.9 cm³/mol. The number of hydrogen-bond acceptors (Lipinski definition) is 4. The van der Waals surface area contributed by atoms with Gasteiger partial charge in [0.25, 0.3) is 0 Å². The minimum atomic E-state index is -0.791. The molecule has 0 atom stereocenters. The third kappa shape index (κ3) is 2.42. The van der Waals surface area contributed by atoms with E-state index < -0.39 is 5.97 Å². The minimum absolute atomic E-state index is 0.0344. The molecule has 0 amide bonds. The van der Waals surface area contributed by atoms with Crippen LogP contribution < -0.4 is 4.90 Å². The van der Waals surface area contributed by atoms with Gasteiger partial charge in [-0.2, -0.15) is 0 Å². The highest BCUT2D eigenvalue weighted by Gasteiger charge is 2.26. The Bertz CT molecular complexity index is 590. The molecule has 1 fully saturated rings. The molecule has 4 nitrogen and oxygen atoms in total. The molecule has 0 unspecified atom stereocenters. The SMILES string of the molecule is O=C(O)CN(c1nccc2sccc12)C1CCCC1. The van der Waals surface area contributed by atoms with E-state index >= 15 is 0 Å². The molecule has 2 aromatic rings. The van der Waals surface area contributed by atoms with Crippen LogP contribution in [0.15, 0.2) is 23.7 Å². The number of carbonyl (C=O) groups is 1. The second-order valence-corrected chi connectivity index (χ2v) is 5.87. The summed E-state index contributed by atoms with van der Waals surface area (Å²) in [7, 11) is 0. The van der Waals surface area contributed by atoms with Crippen LogP contribution in [-0.4, -0.2) is 28.6 Å². The summed E-state index contributed by atoms with van der Waals surface area (Å²) in [4.78, 5) is 17.6. The number of aromatic nitrogens is 1. The van der Waals surface area contributed by atoms with Crippen LogP contribution in [0.25, 0.3) is 10.1 Å². The second-order valence-electron chi connectivity index (χ2n) is 4.93. The van der Waals surface area contributed by atoms with Crippen molar-refractivity contribution in [3.8, 4) is 0 Å². The van der Waals surface area contributed by atoms with E-state index in [0.717, 1.165) is 24.0 Å². The van der Waals surface area contributed by atoms with E-state index in [0.29, 0.717) is 6.04 Å². The average Bonchev–Trinajstić information content (AvgIpc) is 3.05. The number of carboxylic acid groups (broad SMARTS) is 1. The molecule has 0 spiro atoms. The van der Waals surface area contributed by atoms with E-state index in [2.05, 4.69) is 4.98 Å². The van der Waals surface area contributed by atoms with Crippen molar-refractivity contribution in [1.82, 2.24) is 4.98 Å². The largest absolute Gasteiger partial charge is 0.480 e. The summed E-state index contributed by atoms with van der Waals surface area (Å²) in [6.07, 6.45) is 6.27. The van der Waals surface area contributed by atoms with Crippen molar-refractivity contribution in [1.29, 1.82) is 0 Å². The highest BCUT2D eigenvalue weighted by atomic mass is 32.1. The lowest BCUT2D eigenvalue weighted by molar-refractivity contribution is -0.135. The van der Waals surface area contributed by atoms with E-state index in [1.807, 2.05) is 22.4 Å². The van der Waals surface area contributed by atoms with Gasteiger partial charge in [-0.15, -0.1) is 11.3 Å². The van der Waals surface area contributed by atoms with E-state index in [9.17, 15) is 4.79 Å². The fourth-order valence-electron chi connectivity index (χ4n) is 2.85. The van der Waals surface area contributed by atoms with Gasteiger partial charge in [-0.3, -0.25) is 4.79 Å². The fraction of sp³-hybridized carbons (Fsp3) is 0.429. The predicted octanol–water partition coefficient (Wildman–Crippen LogP) is 3.13. The van der Waals surface area contributed by atoms with Crippen LogP contribution in [0.5, 0.6) is 0 Å². The Hall–Kier alpha value is -1.62. The second kappa shape index (κ2) is 5.17. The summed E-state index contributed by atoms with van der Waals surface area (Å²) in [6.45, 7) is 0.0344.